The Balaban J connectivity index is 1.83. The van der Waals surface area contributed by atoms with Crippen LogP contribution in [-0.4, -0.2) is 23.0 Å². The van der Waals surface area contributed by atoms with Crippen LogP contribution in [0.3, 0.4) is 0 Å². The first-order valence-electron chi connectivity index (χ1n) is 8.33. The van der Waals surface area contributed by atoms with E-state index in [1.165, 1.54) is 0 Å². The van der Waals surface area contributed by atoms with Gasteiger partial charge in [0.05, 0.1) is 30.3 Å². The lowest BCUT2D eigenvalue weighted by atomic mass is 9.99. The van der Waals surface area contributed by atoms with Crippen LogP contribution < -0.4 is 10.1 Å². The van der Waals surface area contributed by atoms with Crippen LogP contribution in [0.4, 0.5) is 0 Å². The minimum Gasteiger partial charge on any atom is -0.497 e. The molecular formula is C20H21N3O2S. The molecule has 6 heteroatoms. The topological polar surface area (TPSA) is 64.1 Å². The highest BCUT2D eigenvalue weighted by Crippen LogP contribution is 2.25. The smallest absolute Gasteiger partial charge is 0.226 e. The maximum atomic E-state index is 12.7. The third kappa shape index (κ3) is 4.26. The Morgan fingerprint density at radius 2 is 1.77 bits per heavy atom. The SMILES string of the molecule is COc1ccc([C@@H](NC(=O)Cc2sc(C)nc2C)c2ccncc2)cc1. The predicted molar refractivity (Wildman–Crippen MR) is 103 cm³/mol. The number of nitrogens with one attached hydrogen (secondary N) is 1. The van der Waals surface area contributed by atoms with Crippen LogP contribution in [0.25, 0.3) is 0 Å². The van der Waals surface area contributed by atoms with Gasteiger partial charge in [0.15, 0.2) is 0 Å². The Kier molecular flexibility index (Phi) is 5.63. The summed E-state index contributed by atoms with van der Waals surface area (Å²) in [5, 5.41) is 4.12. The molecule has 0 fully saturated rings. The molecule has 0 saturated heterocycles. The number of methoxy groups -OCH3 is 1. The average molecular weight is 367 g/mol. The molecule has 0 bridgehead atoms. The van der Waals surface area contributed by atoms with Crippen LogP contribution in [-0.2, 0) is 11.2 Å². The molecule has 1 amide bonds. The second-order valence-corrected chi connectivity index (χ2v) is 7.26. The zero-order valence-corrected chi connectivity index (χ0v) is 15.8. The van der Waals surface area contributed by atoms with Crippen molar-refractivity contribution in [3.05, 3.63) is 75.5 Å². The molecule has 0 aliphatic rings. The fraction of sp³-hybridized carbons (Fsp3) is 0.250. The summed E-state index contributed by atoms with van der Waals surface area (Å²) in [4.78, 5) is 22.2. The fourth-order valence-electron chi connectivity index (χ4n) is 2.81. The van der Waals surface area contributed by atoms with Crippen molar-refractivity contribution in [1.29, 1.82) is 0 Å². The Morgan fingerprint density at radius 3 is 2.35 bits per heavy atom. The number of hydrogen-bond acceptors (Lipinski definition) is 5. The van der Waals surface area contributed by atoms with Gasteiger partial charge in [-0.25, -0.2) is 4.98 Å². The summed E-state index contributed by atoms with van der Waals surface area (Å²) in [6.45, 7) is 3.89. The van der Waals surface area contributed by atoms with Crippen LogP contribution in [0, 0.1) is 13.8 Å². The van der Waals surface area contributed by atoms with E-state index < -0.39 is 0 Å². The molecule has 0 aliphatic carbocycles. The normalized spacial score (nSPS) is 11.8. The monoisotopic (exact) mass is 367 g/mol. The van der Waals surface area contributed by atoms with Crippen LogP contribution in [0.15, 0.2) is 48.8 Å². The quantitative estimate of drug-likeness (QED) is 0.723. The van der Waals surface area contributed by atoms with Crippen molar-refractivity contribution in [3.63, 3.8) is 0 Å². The van der Waals surface area contributed by atoms with Gasteiger partial charge in [-0.3, -0.25) is 9.78 Å². The van der Waals surface area contributed by atoms with E-state index in [0.29, 0.717) is 6.42 Å². The van der Waals surface area contributed by atoms with E-state index in [0.717, 1.165) is 32.5 Å². The third-order valence-corrected chi connectivity index (χ3v) is 5.19. The fourth-order valence-corrected chi connectivity index (χ4v) is 3.74. The zero-order valence-electron chi connectivity index (χ0n) is 15.0. The minimum atomic E-state index is -0.245. The van der Waals surface area contributed by atoms with Crippen molar-refractivity contribution >= 4 is 17.2 Å². The Morgan fingerprint density at radius 1 is 1.12 bits per heavy atom. The largest absolute Gasteiger partial charge is 0.497 e. The number of carbonyl (C=O) groups excluding carboxylic acids is 1. The van der Waals surface area contributed by atoms with Crippen molar-refractivity contribution in [1.82, 2.24) is 15.3 Å². The molecule has 26 heavy (non-hydrogen) atoms. The molecule has 2 aromatic heterocycles. The Labute approximate surface area is 157 Å². The van der Waals surface area contributed by atoms with Crippen molar-refractivity contribution < 1.29 is 9.53 Å². The number of hydrogen-bond donors (Lipinski definition) is 1. The van der Waals surface area contributed by atoms with Crippen molar-refractivity contribution in [2.45, 2.75) is 26.3 Å². The molecule has 3 aromatic rings. The molecule has 2 heterocycles. The van der Waals surface area contributed by atoms with E-state index in [2.05, 4.69) is 15.3 Å². The van der Waals surface area contributed by atoms with Crippen LogP contribution in [0.2, 0.25) is 0 Å². The highest BCUT2D eigenvalue weighted by molar-refractivity contribution is 7.11. The van der Waals surface area contributed by atoms with Crippen LogP contribution in [0.1, 0.15) is 32.7 Å². The van der Waals surface area contributed by atoms with Gasteiger partial charge in [-0.2, -0.15) is 0 Å². The molecule has 1 N–H and O–H groups in total. The Hall–Kier alpha value is -2.73. The number of pyridine rings is 1. The minimum absolute atomic E-state index is 0.0330. The van der Waals surface area contributed by atoms with Crippen LogP contribution >= 0.6 is 11.3 Å². The van der Waals surface area contributed by atoms with Gasteiger partial charge >= 0.3 is 0 Å². The first-order chi connectivity index (χ1) is 12.6. The van der Waals surface area contributed by atoms with E-state index in [1.807, 2.05) is 50.2 Å². The van der Waals surface area contributed by atoms with Gasteiger partial charge in [0.1, 0.15) is 5.75 Å². The molecule has 0 unspecified atom stereocenters. The lowest BCUT2D eigenvalue weighted by molar-refractivity contribution is -0.120. The number of carbonyl (C=O) groups is 1. The summed E-state index contributed by atoms with van der Waals surface area (Å²) in [6.07, 6.45) is 3.79. The summed E-state index contributed by atoms with van der Waals surface area (Å²) >= 11 is 1.57. The number of nitrogens with zero attached hydrogens (tertiary/aromatic N) is 2. The van der Waals surface area contributed by atoms with Gasteiger partial charge in [-0.15, -0.1) is 11.3 Å². The van der Waals surface area contributed by atoms with E-state index in [1.54, 1.807) is 30.8 Å². The maximum absolute atomic E-state index is 12.7. The zero-order chi connectivity index (χ0) is 18.5. The summed E-state index contributed by atoms with van der Waals surface area (Å²) in [5.41, 5.74) is 2.89. The number of aromatic nitrogens is 2. The molecule has 1 aromatic carbocycles. The number of thiazole rings is 1. The van der Waals surface area contributed by atoms with E-state index in [-0.39, 0.29) is 11.9 Å². The second-order valence-electron chi connectivity index (χ2n) is 5.97. The molecular weight excluding hydrogens is 346 g/mol. The number of ether oxygens (including phenoxy) is 1. The van der Waals surface area contributed by atoms with Gasteiger partial charge in [-0.05, 0) is 49.2 Å². The highest BCUT2D eigenvalue weighted by Gasteiger charge is 2.18. The molecule has 0 aliphatic heterocycles. The van der Waals surface area contributed by atoms with E-state index in [4.69, 9.17) is 4.74 Å². The molecule has 5 nitrogen and oxygen atoms in total. The van der Waals surface area contributed by atoms with E-state index >= 15 is 0 Å². The molecule has 134 valence electrons. The van der Waals surface area contributed by atoms with Crippen molar-refractivity contribution in [2.75, 3.05) is 7.11 Å². The maximum Gasteiger partial charge on any atom is 0.226 e. The predicted octanol–water partition coefficient (Wildman–Crippen LogP) is 3.61. The van der Waals surface area contributed by atoms with Crippen molar-refractivity contribution in [2.24, 2.45) is 0 Å². The highest BCUT2D eigenvalue weighted by atomic mass is 32.1. The lowest BCUT2D eigenvalue weighted by Gasteiger charge is -2.20. The second kappa shape index (κ2) is 8.10. The van der Waals surface area contributed by atoms with Gasteiger partial charge in [-0.1, -0.05) is 12.1 Å². The summed E-state index contributed by atoms with van der Waals surface area (Å²) in [5.74, 6) is 0.749. The third-order valence-electron chi connectivity index (χ3n) is 4.11. The summed E-state index contributed by atoms with van der Waals surface area (Å²) in [6, 6.07) is 11.3. The van der Waals surface area contributed by atoms with Crippen LogP contribution in [0.5, 0.6) is 5.75 Å². The number of amides is 1. The average Bonchev–Trinajstić information content (AvgIpc) is 2.97. The lowest BCUT2D eigenvalue weighted by Crippen LogP contribution is -2.30. The first kappa shape index (κ1) is 18.1. The standard InChI is InChI=1S/C20H21N3O2S/c1-13-18(26-14(2)22-13)12-19(24)23-20(16-8-10-21-11-9-16)15-4-6-17(25-3)7-5-15/h4-11,20H,12H2,1-3H3,(H,23,24)/t20-/m1/s1. The molecule has 0 spiro atoms. The summed E-state index contributed by atoms with van der Waals surface area (Å²) in [7, 11) is 1.64. The molecule has 0 saturated carbocycles. The Bertz CT molecular complexity index is 876. The van der Waals surface area contributed by atoms with E-state index in [9.17, 15) is 4.79 Å². The number of rotatable bonds is 6. The molecule has 1 atom stereocenters. The number of benzene rings is 1. The van der Waals surface area contributed by atoms with Gasteiger partial charge < -0.3 is 10.1 Å². The van der Waals surface area contributed by atoms with Gasteiger partial charge in [0.25, 0.3) is 0 Å². The summed E-state index contributed by atoms with van der Waals surface area (Å²) < 4.78 is 5.23. The number of aryl methyl sites for hydroxylation is 2. The first-order valence-corrected chi connectivity index (χ1v) is 9.14. The molecule has 3 rings (SSSR count). The van der Waals surface area contributed by atoms with Gasteiger partial charge in [0.2, 0.25) is 5.91 Å². The molecule has 0 radical (unpaired) electrons. The van der Waals surface area contributed by atoms with Crippen molar-refractivity contribution in [3.8, 4) is 5.75 Å². The van der Waals surface area contributed by atoms with Gasteiger partial charge in [0, 0.05) is 17.3 Å².